The number of amides is 1. The Balaban J connectivity index is 1.15. The van der Waals surface area contributed by atoms with Crippen LogP contribution in [0.3, 0.4) is 0 Å². The lowest BCUT2D eigenvalue weighted by Crippen LogP contribution is -2.51. The molecule has 2 fully saturated rings. The van der Waals surface area contributed by atoms with Crippen molar-refractivity contribution in [2.45, 2.75) is 56.6 Å². The molecule has 7 nitrogen and oxygen atoms in total. The molecular weight excluding hydrogens is 512 g/mol. The summed E-state index contributed by atoms with van der Waals surface area (Å²) in [5.41, 5.74) is 1.41. The molecule has 1 saturated carbocycles. The summed E-state index contributed by atoms with van der Waals surface area (Å²) in [6.45, 7) is 1.13. The van der Waals surface area contributed by atoms with Gasteiger partial charge in [0.05, 0.1) is 17.5 Å². The summed E-state index contributed by atoms with van der Waals surface area (Å²) in [6, 6.07) is 19.5. The number of hydrogen-bond donors (Lipinski definition) is 1. The fourth-order valence-electron chi connectivity index (χ4n) is 6.36. The highest BCUT2D eigenvalue weighted by atomic mass is 35.5. The fraction of sp³-hybridized carbons (Fsp3) is 0.387. The summed E-state index contributed by atoms with van der Waals surface area (Å²) < 4.78 is 3.35. The zero-order chi connectivity index (χ0) is 27.0. The molecule has 3 heterocycles. The van der Waals surface area contributed by atoms with E-state index in [0.717, 1.165) is 31.4 Å². The molecule has 1 amide bonds. The minimum atomic E-state index is -1.07. The van der Waals surface area contributed by atoms with Gasteiger partial charge in [-0.3, -0.25) is 14.2 Å². The predicted octanol–water partition coefficient (Wildman–Crippen LogP) is 5.17. The van der Waals surface area contributed by atoms with E-state index in [1.807, 2.05) is 46.0 Å². The Morgan fingerprint density at radius 1 is 1.00 bits per heavy atom. The highest BCUT2D eigenvalue weighted by molar-refractivity contribution is 6.30. The highest BCUT2D eigenvalue weighted by Crippen LogP contribution is 2.39. The molecule has 1 saturated heterocycles. The van der Waals surface area contributed by atoms with Gasteiger partial charge in [0.25, 0.3) is 5.56 Å². The number of hydrogen-bond acceptors (Lipinski definition) is 4. The van der Waals surface area contributed by atoms with E-state index in [0.29, 0.717) is 42.0 Å². The standard InChI is InChI=1S/C31H33ClN4O3/c32-23-10-12-24(13-11-23)36-17-14-27-28(36)33-21-35(30(27)38)20-31(39)15-18-34(19-16-31)29(37)26-9-5-4-8-25(26)22-6-2-1-3-7-22/h1-3,6-7,10-14,17,21,25-26,39H,4-5,8-9,15-16,18-20H2. The molecule has 0 radical (unpaired) electrons. The van der Waals surface area contributed by atoms with E-state index < -0.39 is 5.60 Å². The number of carbonyl (C=O) groups excluding carboxylic acids is 1. The summed E-state index contributed by atoms with van der Waals surface area (Å²) in [5, 5.41) is 12.6. The minimum absolute atomic E-state index is 0.00811. The average molecular weight is 545 g/mol. The number of nitrogens with zero attached hydrogens (tertiary/aromatic N) is 4. The molecule has 6 rings (SSSR count). The number of aliphatic hydroxyl groups is 1. The van der Waals surface area contributed by atoms with E-state index in [1.165, 1.54) is 16.5 Å². The van der Waals surface area contributed by atoms with Crippen LogP contribution in [0.2, 0.25) is 5.02 Å². The van der Waals surface area contributed by atoms with E-state index in [2.05, 4.69) is 17.1 Å². The molecule has 202 valence electrons. The van der Waals surface area contributed by atoms with Gasteiger partial charge >= 0.3 is 0 Å². The van der Waals surface area contributed by atoms with Crippen molar-refractivity contribution in [1.29, 1.82) is 0 Å². The van der Waals surface area contributed by atoms with Crippen LogP contribution >= 0.6 is 11.6 Å². The van der Waals surface area contributed by atoms with Gasteiger partial charge in [-0.1, -0.05) is 54.8 Å². The van der Waals surface area contributed by atoms with Crippen molar-refractivity contribution >= 4 is 28.5 Å². The van der Waals surface area contributed by atoms with Crippen LogP contribution in [0.25, 0.3) is 16.7 Å². The average Bonchev–Trinajstić information content (AvgIpc) is 3.40. The first-order valence-electron chi connectivity index (χ1n) is 13.8. The molecule has 0 spiro atoms. The predicted molar refractivity (Wildman–Crippen MR) is 152 cm³/mol. The number of likely N-dealkylation sites (tertiary alicyclic amines) is 1. The molecule has 1 aliphatic heterocycles. The van der Waals surface area contributed by atoms with E-state index in [-0.39, 0.29) is 29.8 Å². The van der Waals surface area contributed by atoms with E-state index in [1.54, 1.807) is 18.2 Å². The summed E-state index contributed by atoms with van der Waals surface area (Å²) in [4.78, 5) is 33.4. The molecule has 8 heteroatoms. The van der Waals surface area contributed by atoms with Gasteiger partial charge in [-0.05, 0) is 67.5 Å². The first-order chi connectivity index (χ1) is 18.9. The van der Waals surface area contributed by atoms with Crippen LogP contribution in [0.4, 0.5) is 0 Å². The number of fused-ring (bicyclic) bond motifs is 1. The lowest BCUT2D eigenvalue weighted by atomic mass is 9.74. The third-order valence-corrected chi connectivity index (χ3v) is 8.81. The Labute approximate surface area is 232 Å². The van der Waals surface area contributed by atoms with Crippen molar-refractivity contribution in [3.63, 3.8) is 0 Å². The van der Waals surface area contributed by atoms with Crippen molar-refractivity contribution in [3.8, 4) is 5.69 Å². The van der Waals surface area contributed by atoms with Gasteiger partial charge in [-0.2, -0.15) is 0 Å². The normalized spacial score (nSPS) is 21.2. The molecule has 1 N–H and O–H groups in total. The molecule has 2 atom stereocenters. The van der Waals surface area contributed by atoms with E-state index >= 15 is 0 Å². The van der Waals surface area contributed by atoms with Crippen molar-refractivity contribution in [2.24, 2.45) is 5.92 Å². The Hall–Kier alpha value is -3.42. The Bertz CT molecular complexity index is 1520. The second kappa shape index (κ2) is 10.6. The summed E-state index contributed by atoms with van der Waals surface area (Å²) in [7, 11) is 0. The van der Waals surface area contributed by atoms with Gasteiger partial charge in [0, 0.05) is 35.9 Å². The smallest absolute Gasteiger partial charge is 0.262 e. The number of benzene rings is 2. The van der Waals surface area contributed by atoms with Gasteiger partial charge in [0.2, 0.25) is 5.91 Å². The van der Waals surface area contributed by atoms with Crippen LogP contribution in [0, 0.1) is 5.92 Å². The van der Waals surface area contributed by atoms with Gasteiger partial charge in [0.15, 0.2) is 5.65 Å². The third-order valence-electron chi connectivity index (χ3n) is 8.56. The van der Waals surface area contributed by atoms with Crippen molar-refractivity contribution in [3.05, 3.63) is 94.1 Å². The van der Waals surface area contributed by atoms with E-state index in [9.17, 15) is 14.7 Å². The van der Waals surface area contributed by atoms with Crippen LogP contribution in [0.1, 0.15) is 50.0 Å². The van der Waals surface area contributed by atoms with Gasteiger partial charge < -0.3 is 14.6 Å². The number of carbonyl (C=O) groups is 1. The topological polar surface area (TPSA) is 80.4 Å². The highest BCUT2D eigenvalue weighted by Gasteiger charge is 2.39. The van der Waals surface area contributed by atoms with Crippen molar-refractivity contribution in [1.82, 2.24) is 19.0 Å². The third kappa shape index (κ3) is 5.13. The Kier molecular flexibility index (Phi) is 7.04. The maximum absolute atomic E-state index is 13.6. The van der Waals surface area contributed by atoms with Crippen molar-refractivity contribution < 1.29 is 9.90 Å². The van der Waals surface area contributed by atoms with Gasteiger partial charge in [0.1, 0.15) is 6.33 Å². The van der Waals surface area contributed by atoms with Gasteiger partial charge in [-0.25, -0.2) is 4.98 Å². The molecule has 2 aromatic carbocycles. The summed E-state index contributed by atoms with van der Waals surface area (Å²) in [5.74, 6) is 0.450. The van der Waals surface area contributed by atoms with Crippen LogP contribution in [0.15, 0.2) is 78.0 Å². The number of aromatic nitrogens is 3. The van der Waals surface area contributed by atoms with Crippen LogP contribution in [-0.2, 0) is 11.3 Å². The zero-order valence-corrected chi connectivity index (χ0v) is 22.6. The van der Waals surface area contributed by atoms with Crippen LogP contribution < -0.4 is 5.56 Å². The van der Waals surface area contributed by atoms with Crippen LogP contribution in [-0.4, -0.2) is 48.7 Å². The zero-order valence-electron chi connectivity index (χ0n) is 21.9. The van der Waals surface area contributed by atoms with Gasteiger partial charge in [-0.15, -0.1) is 0 Å². The largest absolute Gasteiger partial charge is 0.388 e. The number of halogens is 1. The van der Waals surface area contributed by atoms with Crippen LogP contribution in [0.5, 0.6) is 0 Å². The quantitative estimate of drug-likeness (QED) is 0.376. The van der Waals surface area contributed by atoms with Crippen molar-refractivity contribution in [2.75, 3.05) is 13.1 Å². The Morgan fingerprint density at radius 3 is 2.46 bits per heavy atom. The lowest BCUT2D eigenvalue weighted by Gasteiger charge is -2.41. The molecule has 2 aliphatic rings. The second-order valence-electron chi connectivity index (χ2n) is 11.0. The number of rotatable bonds is 5. The molecule has 0 bridgehead atoms. The molecule has 1 aliphatic carbocycles. The first-order valence-corrected chi connectivity index (χ1v) is 14.2. The lowest BCUT2D eigenvalue weighted by molar-refractivity contribution is -0.142. The molecule has 2 aromatic heterocycles. The first kappa shape index (κ1) is 25.8. The summed E-state index contributed by atoms with van der Waals surface area (Å²) in [6.07, 6.45) is 8.37. The monoisotopic (exact) mass is 544 g/mol. The number of piperidine rings is 1. The second-order valence-corrected chi connectivity index (χ2v) is 11.5. The minimum Gasteiger partial charge on any atom is -0.388 e. The molecular formula is C31H33ClN4O3. The molecule has 39 heavy (non-hydrogen) atoms. The molecule has 2 unspecified atom stereocenters. The maximum Gasteiger partial charge on any atom is 0.262 e. The SMILES string of the molecule is O=C(C1CCCCC1c1ccccc1)N1CCC(O)(Cn2cnc3c(ccn3-c3ccc(Cl)cc3)c2=O)CC1. The summed E-state index contributed by atoms with van der Waals surface area (Å²) >= 11 is 6.02. The van der Waals surface area contributed by atoms with E-state index in [4.69, 9.17) is 11.6 Å². The Morgan fingerprint density at radius 2 is 1.72 bits per heavy atom. The maximum atomic E-state index is 13.6. The fourth-order valence-corrected chi connectivity index (χ4v) is 6.48. The molecule has 4 aromatic rings.